The van der Waals surface area contributed by atoms with Gasteiger partial charge in [-0.15, -0.1) is 0 Å². The molecule has 0 unspecified atom stereocenters. The van der Waals surface area contributed by atoms with E-state index >= 15 is 0 Å². The van der Waals surface area contributed by atoms with Gasteiger partial charge in [-0.25, -0.2) is 4.98 Å². The number of hydrogen-bond donors (Lipinski definition) is 1. The average molecular weight is 280 g/mol. The Bertz CT molecular complexity index is 912. The Morgan fingerprint density at radius 2 is 2.05 bits per heavy atom. The Kier molecular flexibility index (Phi) is 2.56. The Labute approximate surface area is 119 Å². The number of fused-ring (bicyclic) bond motifs is 3. The quantitative estimate of drug-likeness (QED) is 0.614. The van der Waals surface area contributed by atoms with Gasteiger partial charge in [-0.05, 0) is 6.07 Å². The lowest BCUT2D eigenvalue weighted by Gasteiger charge is -2.06. The summed E-state index contributed by atoms with van der Waals surface area (Å²) in [5, 5.41) is 4.85. The van der Waals surface area contributed by atoms with Crippen LogP contribution in [0.4, 0.5) is 5.95 Å². The minimum absolute atomic E-state index is 0.464. The molecular formula is C14H12N6O. The molecule has 0 spiro atoms. The van der Waals surface area contributed by atoms with Crippen molar-refractivity contribution in [3.8, 4) is 0 Å². The van der Waals surface area contributed by atoms with Crippen molar-refractivity contribution in [1.82, 2.24) is 24.7 Å². The number of rotatable bonds is 3. The first-order valence-corrected chi connectivity index (χ1v) is 6.57. The van der Waals surface area contributed by atoms with E-state index in [1.54, 1.807) is 6.20 Å². The molecule has 2 N–H and O–H groups in total. The molecule has 0 saturated heterocycles. The van der Waals surface area contributed by atoms with Crippen LogP contribution in [-0.4, -0.2) is 24.7 Å². The minimum atomic E-state index is 0.464. The highest BCUT2D eigenvalue weighted by molar-refractivity contribution is 6.02. The summed E-state index contributed by atoms with van der Waals surface area (Å²) >= 11 is 0. The van der Waals surface area contributed by atoms with Crippen LogP contribution in [0.15, 0.2) is 41.4 Å². The molecular weight excluding hydrogens is 268 g/mol. The molecule has 1 aromatic carbocycles. The van der Waals surface area contributed by atoms with E-state index in [0.717, 1.165) is 21.9 Å². The summed E-state index contributed by atoms with van der Waals surface area (Å²) in [5.74, 6) is 1.11. The van der Waals surface area contributed by atoms with Crippen molar-refractivity contribution in [1.29, 1.82) is 0 Å². The smallest absolute Gasteiger partial charge is 0.213 e. The van der Waals surface area contributed by atoms with Gasteiger partial charge >= 0.3 is 0 Å². The fraction of sp³-hybridized carbons (Fsp3) is 0.143. The normalized spacial score (nSPS) is 11.4. The van der Waals surface area contributed by atoms with Gasteiger partial charge in [0.2, 0.25) is 12.3 Å². The second kappa shape index (κ2) is 4.55. The molecule has 104 valence electrons. The second-order valence-electron chi connectivity index (χ2n) is 4.73. The summed E-state index contributed by atoms with van der Waals surface area (Å²) in [7, 11) is 0. The van der Waals surface area contributed by atoms with Gasteiger partial charge in [0.15, 0.2) is 5.82 Å². The van der Waals surface area contributed by atoms with Gasteiger partial charge in [-0.3, -0.25) is 4.98 Å². The van der Waals surface area contributed by atoms with Crippen molar-refractivity contribution in [3.63, 3.8) is 0 Å². The number of nitrogens with two attached hydrogens (primary N) is 1. The van der Waals surface area contributed by atoms with Gasteiger partial charge in [0.05, 0.1) is 17.2 Å². The molecule has 0 atom stereocenters. The van der Waals surface area contributed by atoms with Crippen molar-refractivity contribution in [2.45, 2.75) is 13.0 Å². The monoisotopic (exact) mass is 280 g/mol. The average Bonchev–Trinajstić information content (AvgIpc) is 3.12. The van der Waals surface area contributed by atoms with Crippen molar-refractivity contribution in [2.24, 2.45) is 0 Å². The summed E-state index contributed by atoms with van der Waals surface area (Å²) in [6, 6.07) is 7.94. The molecule has 21 heavy (non-hydrogen) atoms. The highest BCUT2D eigenvalue weighted by atomic mass is 16.5. The van der Waals surface area contributed by atoms with Crippen LogP contribution in [0.3, 0.4) is 0 Å². The topological polar surface area (TPSA) is 95.7 Å². The van der Waals surface area contributed by atoms with E-state index in [0.29, 0.717) is 24.7 Å². The van der Waals surface area contributed by atoms with Crippen LogP contribution >= 0.6 is 0 Å². The SMILES string of the molecule is Nc1nc2cnc3ccccc3c2n1CCc1ncon1. The van der Waals surface area contributed by atoms with Crippen LogP contribution in [0.2, 0.25) is 0 Å². The highest BCUT2D eigenvalue weighted by Gasteiger charge is 2.12. The number of hydrogen-bond acceptors (Lipinski definition) is 6. The first-order valence-electron chi connectivity index (χ1n) is 6.57. The number of imidazole rings is 1. The van der Waals surface area contributed by atoms with Crippen LogP contribution in [0.1, 0.15) is 5.82 Å². The first kappa shape index (κ1) is 11.8. The maximum absolute atomic E-state index is 6.04. The van der Waals surface area contributed by atoms with Gasteiger partial charge in [-0.1, -0.05) is 23.4 Å². The third kappa shape index (κ3) is 1.90. The molecule has 3 heterocycles. The van der Waals surface area contributed by atoms with Gasteiger partial charge in [0.1, 0.15) is 5.52 Å². The van der Waals surface area contributed by atoms with Crippen molar-refractivity contribution < 1.29 is 4.52 Å². The lowest BCUT2D eigenvalue weighted by atomic mass is 10.2. The second-order valence-corrected chi connectivity index (χ2v) is 4.73. The maximum Gasteiger partial charge on any atom is 0.213 e. The molecule has 3 aromatic heterocycles. The molecule has 7 heteroatoms. The Balaban J connectivity index is 1.86. The number of nitrogen functional groups attached to an aromatic ring is 1. The van der Waals surface area contributed by atoms with Gasteiger partial charge < -0.3 is 14.8 Å². The summed E-state index contributed by atoms with van der Waals surface area (Å²) in [4.78, 5) is 12.8. The third-order valence-electron chi connectivity index (χ3n) is 3.48. The van der Waals surface area contributed by atoms with E-state index in [4.69, 9.17) is 10.3 Å². The van der Waals surface area contributed by atoms with Gasteiger partial charge in [-0.2, -0.15) is 4.98 Å². The van der Waals surface area contributed by atoms with E-state index in [2.05, 4.69) is 20.1 Å². The fourth-order valence-corrected chi connectivity index (χ4v) is 2.52. The number of anilines is 1. The molecule has 0 aliphatic carbocycles. The number of para-hydroxylation sites is 1. The third-order valence-corrected chi connectivity index (χ3v) is 3.48. The number of nitrogens with zero attached hydrogens (tertiary/aromatic N) is 5. The van der Waals surface area contributed by atoms with Gasteiger partial charge in [0, 0.05) is 18.4 Å². The Hall–Kier alpha value is -2.96. The Morgan fingerprint density at radius 1 is 1.14 bits per heavy atom. The van der Waals surface area contributed by atoms with E-state index in [1.165, 1.54) is 6.39 Å². The van der Waals surface area contributed by atoms with Gasteiger partial charge in [0.25, 0.3) is 0 Å². The number of aromatic nitrogens is 5. The molecule has 0 aliphatic rings. The zero-order chi connectivity index (χ0) is 14.2. The first-order chi connectivity index (χ1) is 10.3. The van der Waals surface area contributed by atoms with Crippen LogP contribution in [0.5, 0.6) is 0 Å². The summed E-state index contributed by atoms with van der Waals surface area (Å²) in [5.41, 5.74) is 8.74. The molecule has 0 radical (unpaired) electrons. The number of aryl methyl sites for hydroxylation is 2. The zero-order valence-corrected chi connectivity index (χ0v) is 11.1. The van der Waals surface area contributed by atoms with Crippen molar-refractivity contribution >= 4 is 27.9 Å². The summed E-state index contributed by atoms with van der Waals surface area (Å²) in [6.45, 7) is 0.635. The van der Waals surface area contributed by atoms with E-state index in [-0.39, 0.29) is 0 Å². The van der Waals surface area contributed by atoms with Crippen molar-refractivity contribution in [3.05, 3.63) is 42.7 Å². The predicted octanol–water partition coefficient (Wildman–Crippen LogP) is 1.79. The maximum atomic E-state index is 6.04. The van der Waals surface area contributed by atoms with Crippen molar-refractivity contribution in [2.75, 3.05) is 5.73 Å². The van der Waals surface area contributed by atoms with E-state index < -0.39 is 0 Å². The largest absolute Gasteiger partial charge is 0.369 e. The van der Waals surface area contributed by atoms with Crippen LogP contribution in [0, 0.1) is 0 Å². The molecule has 4 aromatic rings. The van der Waals surface area contributed by atoms with E-state index in [1.807, 2.05) is 28.8 Å². The standard InChI is InChI=1S/C14H12N6O/c15-14-18-11-7-16-10-4-2-1-3-9(10)13(11)20(14)6-5-12-17-8-21-19-12/h1-4,7-8H,5-6H2,(H2,15,18). The number of pyridine rings is 1. The lowest BCUT2D eigenvalue weighted by molar-refractivity contribution is 0.408. The lowest BCUT2D eigenvalue weighted by Crippen LogP contribution is -2.06. The molecule has 0 amide bonds. The zero-order valence-electron chi connectivity index (χ0n) is 11.1. The van der Waals surface area contributed by atoms with E-state index in [9.17, 15) is 0 Å². The van der Waals surface area contributed by atoms with Crippen LogP contribution in [0.25, 0.3) is 21.9 Å². The molecule has 7 nitrogen and oxygen atoms in total. The molecule has 0 saturated carbocycles. The predicted molar refractivity (Wildman–Crippen MR) is 77.4 cm³/mol. The molecule has 4 rings (SSSR count). The molecule has 0 bridgehead atoms. The molecule has 0 aliphatic heterocycles. The molecule has 0 fully saturated rings. The van der Waals surface area contributed by atoms with Crippen LogP contribution < -0.4 is 5.73 Å². The Morgan fingerprint density at radius 3 is 2.90 bits per heavy atom. The number of benzene rings is 1. The fourth-order valence-electron chi connectivity index (χ4n) is 2.52. The van der Waals surface area contributed by atoms with Crippen LogP contribution in [-0.2, 0) is 13.0 Å². The highest BCUT2D eigenvalue weighted by Crippen LogP contribution is 2.25. The minimum Gasteiger partial charge on any atom is -0.369 e. The summed E-state index contributed by atoms with van der Waals surface area (Å²) in [6.07, 6.45) is 3.70. The summed E-state index contributed by atoms with van der Waals surface area (Å²) < 4.78 is 6.71.